The minimum Gasteiger partial charge on any atom is -0.497 e. The van der Waals surface area contributed by atoms with Gasteiger partial charge in [-0.25, -0.2) is 0 Å². The first-order valence-corrected chi connectivity index (χ1v) is 8.58. The minimum atomic E-state index is -0.0766. The lowest BCUT2D eigenvalue weighted by atomic mass is 9.76. The van der Waals surface area contributed by atoms with Crippen molar-refractivity contribution in [1.82, 2.24) is 4.98 Å². The third kappa shape index (κ3) is 2.86. The Kier molecular flexibility index (Phi) is 4.14. The first kappa shape index (κ1) is 15.7. The molecule has 126 valence electrons. The third-order valence-corrected chi connectivity index (χ3v) is 4.95. The van der Waals surface area contributed by atoms with Crippen LogP contribution in [-0.4, -0.2) is 12.1 Å². The summed E-state index contributed by atoms with van der Waals surface area (Å²) in [5, 5.41) is 0. The number of benzene rings is 2. The zero-order chi connectivity index (χ0) is 17.2. The fourth-order valence-electron chi connectivity index (χ4n) is 3.72. The van der Waals surface area contributed by atoms with E-state index >= 15 is 0 Å². The molecule has 0 spiro atoms. The number of fused-ring (bicyclic) bond motifs is 1. The quantitative estimate of drug-likeness (QED) is 0.677. The van der Waals surface area contributed by atoms with Crippen LogP contribution in [0.5, 0.6) is 11.5 Å². The van der Waals surface area contributed by atoms with Crippen molar-refractivity contribution in [1.29, 1.82) is 0 Å². The maximum atomic E-state index is 6.36. The van der Waals surface area contributed by atoms with Crippen LogP contribution in [0.1, 0.15) is 35.8 Å². The SMILES string of the molecule is COc1ccc2c(c1)[C@@H](c1ccccc1)[C@H](C)[C@@H](c1ccccn1)O2. The molecule has 3 aromatic rings. The van der Waals surface area contributed by atoms with Crippen LogP contribution >= 0.6 is 0 Å². The predicted molar refractivity (Wildman–Crippen MR) is 98.0 cm³/mol. The summed E-state index contributed by atoms with van der Waals surface area (Å²) in [5.41, 5.74) is 3.43. The zero-order valence-corrected chi connectivity index (χ0v) is 14.4. The van der Waals surface area contributed by atoms with Gasteiger partial charge in [-0.1, -0.05) is 43.3 Å². The maximum absolute atomic E-state index is 6.36. The van der Waals surface area contributed by atoms with Crippen LogP contribution in [0, 0.1) is 5.92 Å². The molecule has 1 aromatic heterocycles. The van der Waals surface area contributed by atoms with Gasteiger partial charge < -0.3 is 9.47 Å². The van der Waals surface area contributed by atoms with Crippen molar-refractivity contribution in [2.45, 2.75) is 18.9 Å². The maximum Gasteiger partial charge on any atom is 0.144 e. The summed E-state index contributed by atoms with van der Waals surface area (Å²) in [4.78, 5) is 4.54. The molecule has 0 saturated heterocycles. The Balaban J connectivity index is 1.85. The van der Waals surface area contributed by atoms with Crippen LogP contribution in [0.25, 0.3) is 0 Å². The van der Waals surface area contributed by atoms with Gasteiger partial charge in [0.25, 0.3) is 0 Å². The van der Waals surface area contributed by atoms with E-state index in [0.717, 1.165) is 17.2 Å². The molecule has 4 rings (SSSR count). The first-order chi connectivity index (χ1) is 12.3. The van der Waals surface area contributed by atoms with Crippen LogP contribution < -0.4 is 9.47 Å². The number of hydrogen-bond donors (Lipinski definition) is 0. The van der Waals surface area contributed by atoms with Gasteiger partial charge >= 0.3 is 0 Å². The van der Waals surface area contributed by atoms with Gasteiger partial charge in [0.1, 0.15) is 17.6 Å². The normalized spacial score (nSPS) is 21.9. The van der Waals surface area contributed by atoms with Crippen LogP contribution in [0.3, 0.4) is 0 Å². The van der Waals surface area contributed by atoms with E-state index in [1.165, 1.54) is 11.1 Å². The molecule has 3 heteroatoms. The van der Waals surface area contributed by atoms with E-state index in [0.29, 0.717) is 0 Å². The molecule has 0 amide bonds. The largest absolute Gasteiger partial charge is 0.497 e. The van der Waals surface area contributed by atoms with E-state index in [9.17, 15) is 0 Å². The molecular formula is C22H21NO2. The van der Waals surface area contributed by atoms with Gasteiger partial charge in [-0.2, -0.15) is 0 Å². The fourth-order valence-corrected chi connectivity index (χ4v) is 3.72. The highest BCUT2D eigenvalue weighted by atomic mass is 16.5. The average molecular weight is 331 g/mol. The molecule has 2 aromatic carbocycles. The lowest BCUT2D eigenvalue weighted by Crippen LogP contribution is -2.29. The standard InChI is InChI=1S/C22H21NO2/c1-15-21(16-8-4-3-5-9-16)18-14-17(24-2)11-12-20(18)25-22(15)19-10-6-7-13-23-19/h3-15,21-22H,1-2H3/t15-,21+,22-/m0/s1. The molecule has 25 heavy (non-hydrogen) atoms. The van der Waals surface area contributed by atoms with Crippen LogP contribution in [0.4, 0.5) is 0 Å². The van der Waals surface area contributed by atoms with Crippen molar-refractivity contribution in [3.8, 4) is 11.5 Å². The number of aromatic nitrogens is 1. The monoisotopic (exact) mass is 331 g/mol. The Bertz CT molecular complexity index is 848. The highest BCUT2D eigenvalue weighted by molar-refractivity contribution is 5.49. The van der Waals surface area contributed by atoms with E-state index in [1.54, 1.807) is 7.11 Å². The third-order valence-electron chi connectivity index (χ3n) is 4.95. The van der Waals surface area contributed by atoms with Gasteiger partial charge in [0.2, 0.25) is 0 Å². The summed E-state index contributed by atoms with van der Waals surface area (Å²) in [6.07, 6.45) is 1.75. The second-order valence-electron chi connectivity index (χ2n) is 6.44. The van der Waals surface area contributed by atoms with Gasteiger partial charge in [-0.15, -0.1) is 0 Å². The number of nitrogens with zero attached hydrogens (tertiary/aromatic N) is 1. The summed E-state index contributed by atoms with van der Waals surface area (Å²) < 4.78 is 11.8. The summed E-state index contributed by atoms with van der Waals surface area (Å²) in [7, 11) is 1.70. The van der Waals surface area contributed by atoms with Crippen LogP contribution in [0.15, 0.2) is 72.9 Å². The zero-order valence-electron chi connectivity index (χ0n) is 14.4. The first-order valence-electron chi connectivity index (χ1n) is 8.58. The van der Waals surface area contributed by atoms with Crippen LogP contribution in [0.2, 0.25) is 0 Å². The van der Waals surface area contributed by atoms with Crippen molar-refractivity contribution in [3.05, 3.63) is 89.7 Å². The number of hydrogen-bond acceptors (Lipinski definition) is 3. The van der Waals surface area contributed by atoms with Crippen molar-refractivity contribution in [2.75, 3.05) is 7.11 Å². The Hall–Kier alpha value is -2.81. The topological polar surface area (TPSA) is 31.4 Å². The van der Waals surface area contributed by atoms with E-state index in [1.807, 2.05) is 36.5 Å². The Morgan fingerprint density at radius 2 is 1.76 bits per heavy atom. The summed E-state index contributed by atoms with van der Waals surface area (Å²) >= 11 is 0. The minimum absolute atomic E-state index is 0.0766. The Morgan fingerprint density at radius 1 is 0.960 bits per heavy atom. The molecule has 2 heterocycles. The van der Waals surface area contributed by atoms with Gasteiger partial charge in [0, 0.05) is 23.6 Å². The molecule has 0 aliphatic carbocycles. The van der Waals surface area contributed by atoms with Crippen molar-refractivity contribution in [3.63, 3.8) is 0 Å². The lowest BCUT2D eigenvalue weighted by molar-refractivity contribution is 0.107. The van der Waals surface area contributed by atoms with Crippen LogP contribution in [-0.2, 0) is 0 Å². The average Bonchev–Trinajstić information content (AvgIpc) is 2.68. The summed E-state index contributed by atoms with van der Waals surface area (Å²) in [5.74, 6) is 2.24. The second kappa shape index (κ2) is 6.60. The summed E-state index contributed by atoms with van der Waals surface area (Å²) in [6.45, 7) is 2.24. The highest BCUT2D eigenvalue weighted by Crippen LogP contribution is 2.49. The lowest BCUT2D eigenvalue weighted by Gasteiger charge is -2.38. The molecule has 0 bridgehead atoms. The molecule has 0 unspecified atom stereocenters. The van der Waals surface area contributed by atoms with E-state index < -0.39 is 0 Å². The van der Waals surface area contributed by atoms with Gasteiger partial charge in [0.05, 0.1) is 12.8 Å². The Labute approximate surface area is 148 Å². The predicted octanol–water partition coefficient (Wildman–Crippen LogP) is 4.99. The number of ether oxygens (including phenoxy) is 2. The molecule has 0 saturated carbocycles. The fraction of sp³-hybridized carbons (Fsp3) is 0.227. The van der Waals surface area contributed by atoms with E-state index in [2.05, 4.69) is 48.3 Å². The molecule has 0 fully saturated rings. The Morgan fingerprint density at radius 3 is 2.48 bits per heavy atom. The molecule has 3 nitrogen and oxygen atoms in total. The second-order valence-corrected chi connectivity index (χ2v) is 6.44. The smallest absolute Gasteiger partial charge is 0.144 e. The van der Waals surface area contributed by atoms with Crippen molar-refractivity contribution >= 4 is 0 Å². The van der Waals surface area contributed by atoms with Crippen molar-refractivity contribution in [2.24, 2.45) is 5.92 Å². The molecule has 1 aliphatic rings. The number of rotatable bonds is 3. The van der Waals surface area contributed by atoms with Crippen molar-refractivity contribution < 1.29 is 9.47 Å². The number of methoxy groups -OCH3 is 1. The van der Waals surface area contributed by atoms with Gasteiger partial charge in [0.15, 0.2) is 0 Å². The van der Waals surface area contributed by atoms with E-state index in [4.69, 9.17) is 9.47 Å². The highest BCUT2D eigenvalue weighted by Gasteiger charge is 2.38. The molecule has 0 radical (unpaired) electrons. The number of pyridine rings is 1. The van der Waals surface area contributed by atoms with E-state index in [-0.39, 0.29) is 17.9 Å². The molecule has 0 N–H and O–H groups in total. The summed E-state index contributed by atoms with van der Waals surface area (Å²) in [6, 6.07) is 22.6. The van der Waals surface area contributed by atoms with Gasteiger partial charge in [-0.3, -0.25) is 4.98 Å². The molecular weight excluding hydrogens is 310 g/mol. The molecule has 3 atom stereocenters. The molecule has 1 aliphatic heterocycles. The van der Waals surface area contributed by atoms with Gasteiger partial charge in [-0.05, 0) is 35.9 Å².